The van der Waals surface area contributed by atoms with Gasteiger partial charge in [0.15, 0.2) is 0 Å². The number of aryl methyl sites for hydroxylation is 2. The zero-order valence-corrected chi connectivity index (χ0v) is 14.2. The number of carbonyl (C=O) groups is 1. The summed E-state index contributed by atoms with van der Waals surface area (Å²) >= 11 is 0. The van der Waals surface area contributed by atoms with Crippen molar-refractivity contribution in [3.8, 4) is 0 Å². The van der Waals surface area contributed by atoms with Crippen LogP contribution in [0.5, 0.6) is 0 Å². The monoisotopic (exact) mass is 321 g/mol. The van der Waals surface area contributed by atoms with Gasteiger partial charge in [-0.25, -0.2) is 4.98 Å². The molecule has 1 amide bonds. The molecule has 0 radical (unpaired) electrons. The predicted molar refractivity (Wildman–Crippen MR) is 96.7 cm³/mol. The van der Waals surface area contributed by atoms with Crippen LogP contribution < -0.4 is 5.32 Å². The van der Waals surface area contributed by atoms with E-state index in [1.807, 2.05) is 38.1 Å². The van der Waals surface area contributed by atoms with Crippen molar-refractivity contribution in [3.05, 3.63) is 66.0 Å². The van der Waals surface area contributed by atoms with Gasteiger partial charge in [0.25, 0.3) is 0 Å². The van der Waals surface area contributed by atoms with Crippen molar-refractivity contribution in [2.75, 3.05) is 0 Å². The molecule has 0 saturated heterocycles. The molecule has 2 aromatic carbocycles. The van der Waals surface area contributed by atoms with Gasteiger partial charge in [-0.15, -0.1) is 0 Å². The van der Waals surface area contributed by atoms with E-state index in [0.29, 0.717) is 6.42 Å². The van der Waals surface area contributed by atoms with E-state index >= 15 is 0 Å². The Hall–Kier alpha value is -2.62. The number of hydrogen-bond donors (Lipinski definition) is 1. The number of fused-ring (bicyclic) bond motifs is 1. The second-order valence-corrected chi connectivity index (χ2v) is 5.99. The topological polar surface area (TPSA) is 46.9 Å². The number of para-hydroxylation sites is 2. The standard InChI is InChI=1S/C20H23N3O/c1-3-19(24)21-15(2)20-22-17-11-7-8-12-18(17)23(20)14-13-16-9-5-4-6-10-16/h4-12,15H,3,13-14H2,1-2H3,(H,21,24). The van der Waals surface area contributed by atoms with Crippen LogP contribution in [0.25, 0.3) is 11.0 Å². The average molecular weight is 321 g/mol. The lowest BCUT2D eigenvalue weighted by Gasteiger charge is -2.16. The molecular formula is C20H23N3O. The molecule has 0 aliphatic carbocycles. The molecule has 124 valence electrons. The van der Waals surface area contributed by atoms with Crippen molar-refractivity contribution in [1.82, 2.24) is 14.9 Å². The number of carbonyl (C=O) groups excluding carboxylic acids is 1. The lowest BCUT2D eigenvalue weighted by molar-refractivity contribution is -0.121. The van der Waals surface area contributed by atoms with Gasteiger partial charge in [-0.1, -0.05) is 49.4 Å². The first-order chi connectivity index (χ1) is 11.7. The number of nitrogens with zero attached hydrogens (tertiary/aromatic N) is 2. The van der Waals surface area contributed by atoms with Crippen LogP contribution in [-0.4, -0.2) is 15.5 Å². The minimum absolute atomic E-state index is 0.0455. The molecule has 0 fully saturated rings. The van der Waals surface area contributed by atoms with Gasteiger partial charge < -0.3 is 9.88 Å². The minimum atomic E-state index is -0.111. The zero-order chi connectivity index (χ0) is 16.9. The third kappa shape index (κ3) is 3.48. The molecule has 0 aliphatic heterocycles. The van der Waals surface area contributed by atoms with Gasteiger partial charge in [-0.3, -0.25) is 4.79 Å². The molecule has 0 saturated carbocycles. The Kier molecular flexibility index (Phi) is 4.94. The molecule has 1 atom stereocenters. The molecular weight excluding hydrogens is 298 g/mol. The molecule has 1 unspecified atom stereocenters. The molecule has 0 aliphatic rings. The van der Waals surface area contributed by atoms with Gasteiger partial charge >= 0.3 is 0 Å². The Bertz CT molecular complexity index is 823. The molecule has 24 heavy (non-hydrogen) atoms. The fourth-order valence-corrected chi connectivity index (χ4v) is 2.95. The van der Waals surface area contributed by atoms with Crippen molar-refractivity contribution in [2.45, 2.75) is 39.3 Å². The number of benzene rings is 2. The Morgan fingerprint density at radius 2 is 1.83 bits per heavy atom. The van der Waals surface area contributed by atoms with E-state index in [2.05, 4.69) is 40.2 Å². The summed E-state index contributed by atoms with van der Waals surface area (Å²) in [6.45, 7) is 4.69. The first kappa shape index (κ1) is 16.2. The van der Waals surface area contributed by atoms with Gasteiger partial charge in [0, 0.05) is 13.0 Å². The van der Waals surface area contributed by atoms with Crippen LogP contribution in [0, 0.1) is 0 Å². The molecule has 0 spiro atoms. The Balaban J connectivity index is 1.91. The van der Waals surface area contributed by atoms with Crippen LogP contribution in [-0.2, 0) is 17.8 Å². The number of rotatable bonds is 6. The van der Waals surface area contributed by atoms with Gasteiger partial charge in [0.2, 0.25) is 5.91 Å². The highest BCUT2D eigenvalue weighted by Gasteiger charge is 2.17. The number of nitrogens with one attached hydrogen (secondary N) is 1. The van der Waals surface area contributed by atoms with Crippen molar-refractivity contribution in [3.63, 3.8) is 0 Å². The number of aromatic nitrogens is 2. The highest BCUT2D eigenvalue weighted by molar-refractivity contribution is 5.77. The summed E-state index contributed by atoms with van der Waals surface area (Å²) in [4.78, 5) is 16.5. The Morgan fingerprint density at radius 1 is 1.12 bits per heavy atom. The Labute approximate surface area is 142 Å². The first-order valence-electron chi connectivity index (χ1n) is 8.47. The summed E-state index contributed by atoms with van der Waals surface area (Å²) in [6.07, 6.45) is 1.41. The summed E-state index contributed by atoms with van der Waals surface area (Å²) in [6, 6.07) is 18.5. The lowest BCUT2D eigenvalue weighted by Crippen LogP contribution is -2.28. The Morgan fingerprint density at radius 3 is 2.58 bits per heavy atom. The molecule has 4 heteroatoms. The van der Waals surface area contributed by atoms with E-state index in [1.165, 1.54) is 5.56 Å². The van der Waals surface area contributed by atoms with Crippen LogP contribution >= 0.6 is 0 Å². The smallest absolute Gasteiger partial charge is 0.220 e. The normalized spacial score (nSPS) is 12.2. The second-order valence-electron chi connectivity index (χ2n) is 5.99. The van der Waals surface area contributed by atoms with E-state index in [0.717, 1.165) is 29.8 Å². The van der Waals surface area contributed by atoms with E-state index in [4.69, 9.17) is 4.98 Å². The highest BCUT2D eigenvalue weighted by Crippen LogP contribution is 2.21. The summed E-state index contributed by atoms with van der Waals surface area (Å²) in [5.74, 6) is 0.957. The number of amides is 1. The van der Waals surface area contributed by atoms with Gasteiger partial charge in [-0.05, 0) is 31.0 Å². The molecule has 1 heterocycles. The van der Waals surface area contributed by atoms with E-state index in [9.17, 15) is 4.79 Å². The SMILES string of the molecule is CCC(=O)NC(C)c1nc2ccccc2n1CCc1ccccc1. The highest BCUT2D eigenvalue weighted by atomic mass is 16.1. The molecule has 3 aromatic rings. The maximum Gasteiger partial charge on any atom is 0.220 e. The molecule has 1 aromatic heterocycles. The number of imidazole rings is 1. The maximum absolute atomic E-state index is 11.8. The minimum Gasteiger partial charge on any atom is -0.346 e. The van der Waals surface area contributed by atoms with Gasteiger partial charge in [0.1, 0.15) is 5.82 Å². The quantitative estimate of drug-likeness (QED) is 0.749. The maximum atomic E-state index is 11.8. The van der Waals surface area contributed by atoms with Crippen LogP contribution in [0.3, 0.4) is 0 Å². The van der Waals surface area contributed by atoms with Gasteiger partial charge in [0.05, 0.1) is 17.1 Å². The van der Waals surface area contributed by atoms with Crippen LogP contribution in [0.1, 0.15) is 37.7 Å². The van der Waals surface area contributed by atoms with Crippen molar-refractivity contribution >= 4 is 16.9 Å². The molecule has 0 bridgehead atoms. The average Bonchev–Trinajstić information content (AvgIpc) is 2.99. The zero-order valence-electron chi connectivity index (χ0n) is 14.2. The van der Waals surface area contributed by atoms with Crippen LogP contribution in [0.2, 0.25) is 0 Å². The largest absolute Gasteiger partial charge is 0.346 e. The third-order valence-corrected chi connectivity index (χ3v) is 4.24. The molecule has 3 rings (SSSR count). The van der Waals surface area contributed by atoms with E-state index in [1.54, 1.807) is 0 Å². The summed E-state index contributed by atoms with van der Waals surface area (Å²) < 4.78 is 2.23. The van der Waals surface area contributed by atoms with Crippen molar-refractivity contribution < 1.29 is 4.79 Å². The van der Waals surface area contributed by atoms with Crippen molar-refractivity contribution in [2.24, 2.45) is 0 Å². The summed E-state index contributed by atoms with van der Waals surface area (Å²) in [5.41, 5.74) is 3.38. The van der Waals surface area contributed by atoms with E-state index < -0.39 is 0 Å². The summed E-state index contributed by atoms with van der Waals surface area (Å²) in [7, 11) is 0. The second kappa shape index (κ2) is 7.30. The molecule has 1 N–H and O–H groups in total. The van der Waals surface area contributed by atoms with Crippen LogP contribution in [0.4, 0.5) is 0 Å². The fourth-order valence-electron chi connectivity index (χ4n) is 2.95. The fraction of sp³-hybridized carbons (Fsp3) is 0.300. The van der Waals surface area contributed by atoms with Gasteiger partial charge in [-0.2, -0.15) is 0 Å². The van der Waals surface area contributed by atoms with E-state index in [-0.39, 0.29) is 11.9 Å². The summed E-state index contributed by atoms with van der Waals surface area (Å²) in [5, 5.41) is 3.02. The van der Waals surface area contributed by atoms with Crippen LogP contribution in [0.15, 0.2) is 54.6 Å². The number of hydrogen-bond acceptors (Lipinski definition) is 2. The molecule has 4 nitrogen and oxygen atoms in total. The van der Waals surface area contributed by atoms with Crippen molar-refractivity contribution in [1.29, 1.82) is 0 Å². The third-order valence-electron chi connectivity index (χ3n) is 4.24. The predicted octanol–water partition coefficient (Wildman–Crippen LogP) is 3.87. The lowest BCUT2D eigenvalue weighted by atomic mass is 10.1. The first-order valence-corrected chi connectivity index (χ1v) is 8.47.